The van der Waals surface area contributed by atoms with Gasteiger partial charge in [-0.3, -0.25) is 0 Å². The molecule has 70 valence electrons. The number of para-hydroxylation sites is 1. The van der Waals surface area contributed by atoms with Gasteiger partial charge in [0.25, 0.3) is 0 Å². The molecule has 1 atom stereocenters. The molecule has 1 aromatic rings. The Labute approximate surface area is 78.9 Å². The second-order valence-corrected chi connectivity index (χ2v) is 3.32. The number of nitrogens with one attached hydrogen (secondary N) is 1. The lowest BCUT2D eigenvalue weighted by molar-refractivity contribution is 0.0704. The van der Waals surface area contributed by atoms with E-state index in [1.807, 2.05) is 6.92 Å². The van der Waals surface area contributed by atoms with Crippen molar-refractivity contribution in [2.75, 3.05) is 18.5 Å². The van der Waals surface area contributed by atoms with Crippen molar-refractivity contribution in [1.29, 1.82) is 0 Å². The molecule has 2 rings (SSSR count). The van der Waals surface area contributed by atoms with Crippen molar-refractivity contribution in [2.45, 2.75) is 19.4 Å². The smallest absolute Gasteiger partial charge is 0.0788 e. The predicted octanol–water partition coefficient (Wildman–Crippen LogP) is 2.06. The second-order valence-electron chi connectivity index (χ2n) is 3.32. The fourth-order valence-corrected chi connectivity index (χ4v) is 1.77. The van der Waals surface area contributed by atoms with Gasteiger partial charge in [0.05, 0.1) is 6.10 Å². The van der Waals surface area contributed by atoms with E-state index < -0.39 is 0 Å². The van der Waals surface area contributed by atoms with Crippen LogP contribution in [-0.4, -0.2) is 19.3 Å². The molecule has 1 aliphatic heterocycles. The molecule has 0 unspecified atom stereocenters. The normalized spacial score (nSPS) is 20.5. The fourth-order valence-electron chi connectivity index (χ4n) is 1.77. The highest BCUT2D eigenvalue weighted by Crippen LogP contribution is 2.22. The first-order chi connectivity index (χ1) is 6.40. The average molecular weight is 177 g/mol. The van der Waals surface area contributed by atoms with Gasteiger partial charge in [0, 0.05) is 25.3 Å². The molecule has 1 aliphatic rings. The molecule has 1 heterocycles. The Balaban J connectivity index is 2.11. The van der Waals surface area contributed by atoms with Crippen LogP contribution in [0.1, 0.15) is 12.5 Å². The fraction of sp³-hybridized carbons (Fsp3) is 0.455. The van der Waals surface area contributed by atoms with Crippen LogP contribution in [-0.2, 0) is 11.2 Å². The zero-order valence-electron chi connectivity index (χ0n) is 7.92. The lowest BCUT2D eigenvalue weighted by Crippen LogP contribution is -2.30. The summed E-state index contributed by atoms with van der Waals surface area (Å²) in [5, 5.41) is 3.37. The minimum Gasteiger partial charge on any atom is -0.382 e. The number of fused-ring (bicyclic) bond motifs is 1. The maximum atomic E-state index is 5.58. The van der Waals surface area contributed by atoms with Crippen LogP contribution in [0.4, 0.5) is 5.69 Å². The van der Waals surface area contributed by atoms with Gasteiger partial charge < -0.3 is 10.1 Å². The van der Waals surface area contributed by atoms with Crippen LogP contribution in [0.25, 0.3) is 0 Å². The molecule has 0 amide bonds. The Morgan fingerprint density at radius 3 is 3.15 bits per heavy atom. The van der Waals surface area contributed by atoms with E-state index in [2.05, 4.69) is 29.6 Å². The minimum absolute atomic E-state index is 0.347. The van der Waals surface area contributed by atoms with E-state index in [-0.39, 0.29) is 0 Å². The molecule has 0 fully saturated rings. The van der Waals surface area contributed by atoms with Crippen molar-refractivity contribution < 1.29 is 4.74 Å². The van der Waals surface area contributed by atoms with Gasteiger partial charge in [-0.25, -0.2) is 0 Å². The van der Waals surface area contributed by atoms with Crippen molar-refractivity contribution in [3.05, 3.63) is 29.8 Å². The molecule has 13 heavy (non-hydrogen) atoms. The van der Waals surface area contributed by atoms with Gasteiger partial charge in [-0.05, 0) is 18.6 Å². The van der Waals surface area contributed by atoms with E-state index in [0.717, 1.165) is 19.6 Å². The Kier molecular flexibility index (Phi) is 2.50. The van der Waals surface area contributed by atoms with E-state index in [9.17, 15) is 0 Å². The number of hydrogen-bond donors (Lipinski definition) is 1. The van der Waals surface area contributed by atoms with E-state index >= 15 is 0 Å². The quantitative estimate of drug-likeness (QED) is 0.746. The molecule has 0 saturated heterocycles. The molecular weight excluding hydrogens is 162 g/mol. The zero-order chi connectivity index (χ0) is 9.10. The summed E-state index contributed by atoms with van der Waals surface area (Å²) in [6, 6.07) is 8.42. The third kappa shape index (κ3) is 1.83. The van der Waals surface area contributed by atoms with E-state index in [1.54, 1.807) is 0 Å². The molecule has 0 aromatic heterocycles. The van der Waals surface area contributed by atoms with Crippen LogP contribution < -0.4 is 5.32 Å². The number of benzene rings is 1. The lowest BCUT2D eigenvalue weighted by Gasteiger charge is -2.25. The first kappa shape index (κ1) is 8.57. The van der Waals surface area contributed by atoms with Crippen molar-refractivity contribution in [1.82, 2.24) is 0 Å². The molecule has 0 aliphatic carbocycles. The standard InChI is InChI=1S/C11H15NO/c1-2-13-10-7-9-5-3-4-6-11(9)12-8-10/h3-6,10,12H,2,7-8H2,1H3/t10-/m0/s1. The van der Waals surface area contributed by atoms with E-state index in [1.165, 1.54) is 11.3 Å². The molecule has 0 saturated carbocycles. The average Bonchev–Trinajstić information content (AvgIpc) is 2.18. The van der Waals surface area contributed by atoms with Gasteiger partial charge >= 0.3 is 0 Å². The number of hydrogen-bond acceptors (Lipinski definition) is 2. The highest BCUT2D eigenvalue weighted by Gasteiger charge is 2.16. The highest BCUT2D eigenvalue weighted by molar-refractivity contribution is 5.53. The number of rotatable bonds is 2. The molecule has 1 aromatic carbocycles. The van der Waals surface area contributed by atoms with Crippen LogP contribution >= 0.6 is 0 Å². The van der Waals surface area contributed by atoms with Crippen molar-refractivity contribution in [3.63, 3.8) is 0 Å². The molecule has 0 bridgehead atoms. The maximum Gasteiger partial charge on any atom is 0.0788 e. The molecule has 0 radical (unpaired) electrons. The SMILES string of the molecule is CCO[C@@H]1CNc2ccccc2C1. The lowest BCUT2D eigenvalue weighted by atomic mass is 10.0. The summed E-state index contributed by atoms with van der Waals surface area (Å²) in [5.74, 6) is 0. The minimum atomic E-state index is 0.347. The van der Waals surface area contributed by atoms with Gasteiger partial charge in [-0.15, -0.1) is 0 Å². The topological polar surface area (TPSA) is 21.3 Å². The van der Waals surface area contributed by atoms with Crippen LogP contribution in [0.2, 0.25) is 0 Å². The molecule has 1 N–H and O–H groups in total. The number of ether oxygens (including phenoxy) is 1. The van der Waals surface area contributed by atoms with E-state index in [0.29, 0.717) is 6.10 Å². The third-order valence-electron chi connectivity index (χ3n) is 2.39. The summed E-state index contributed by atoms with van der Waals surface area (Å²) >= 11 is 0. The van der Waals surface area contributed by atoms with Gasteiger partial charge in [-0.1, -0.05) is 18.2 Å². The van der Waals surface area contributed by atoms with Gasteiger partial charge in [0.2, 0.25) is 0 Å². The van der Waals surface area contributed by atoms with Gasteiger partial charge in [-0.2, -0.15) is 0 Å². The number of anilines is 1. The Bertz CT molecular complexity index is 285. The Hall–Kier alpha value is -1.02. The summed E-state index contributed by atoms with van der Waals surface area (Å²) in [6.07, 6.45) is 1.39. The maximum absolute atomic E-state index is 5.58. The summed E-state index contributed by atoms with van der Waals surface area (Å²) in [6.45, 7) is 3.78. The summed E-state index contributed by atoms with van der Waals surface area (Å²) in [7, 11) is 0. The predicted molar refractivity (Wildman–Crippen MR) is 54.0 cm³/mol. The Morgan fingerprint density at radius 2 is 2.31 bits per heavy atom. The molecule has 2 heteroatoms. The summed E-state index contributed by atoms with van der Waals surface area (Å²) < 4.78 is 5.58. The third-order valence-corrected chi connectivity index (χ3v) is 2.39. The van der Waals surface area contributed by atoms with Gasteiger partial charge in [0.1, 0.15) is 0 Å². The highest BCUT2D eigenvalue weighted by atomic mass is 16.5. The van der Waals surface area contributed by atoms with Crippen LogP contribution in [0, 0.1) is 0 Å². The monoisotopic (exact) mass is 177 g/mol. The largest absolute Gasteiger partial charge is 0.382 e. The Morgan fingerprint density at radius 1 is 1.46 bits per heavy atom. The first-order valence-electron chi connectivity index (χ1n) is 4.83. The van der Waals surface area contributed by atoms with Crippen molar-refractivity contribution in [3.8, 4) is 0 Å². The van der Waals surface area contributed by atoms with Crippen molar-refractivity contribution in [2.24, 2.45) is 0 Å². The van der Waals surface area contributed by atoms with Crippen LogP contribution in [0.3, 0.4) is 0 Å². The molecule has 2 nitrogen and oxygen atoms in total. The summed E-state index contributed by atoms with van der Waals surface area (Å²) in [4.78, 5) is 0. The summed E-state index contributed by atoms with van der Waals surface area (Å²) in [5.41, 5.74) is 2.63. The van der Waals surface area contributed by atoms with Crippen molar-refractivity contribution >= 4 is 5.69 Å². The zero-order valence-corrected chi connectivity index (χ0v) is 7.92. The first-order valence-corrected chi connectivity index (χ1v) is 4.83. The molecular formula is C11H15NO. The second kappa shape index (κ2) is 3.79. The van der Waals surface area contributed by atoms with E-state index in [4.69, 9.17) is 4.74 Å². The van der Waals surface area contributed by atoms with Crippen LogP contribution in [0.15, 0.2) is 24.3 Å². The van der Waals surface area contributed by atoms with Crippen LogP contribution in [0.5, 0.6) is 0 Å². The molecule has 0 spiro atoms. The van der Waals surface area contributed by atoms with Gasteiger partial charge in [0.15, 0.2) is 0 Å².